The molecule has 2 aliphatic carbocycles. The zero-order valence-corrected chi connectivity index (χ0v) is 7.83. The highest BCUT2D eigenvalue weighted by atomic mass is 16.4. The van der Waals surface area contributed by atoms with Crippen molar-refractivity contribution >= 4 is 5.97 Å². The number of rotatable bonds is 2. The van der Waals surface area contributed by atoms with Crippen molar-refractivity contribution in [1.29, 1.82) is 0 Å². The molecule has 3 nitrogen and oxygen atoms in total. The minimum Gasteiger partial charge on any atom is -0.481 e. The molecule has 2 aliphatic rings. The topological polar surface area (TPSA) is 63.3 Å². The fraction of sp³-hybridized carbons (Fsp3) is 0.900. The van der Waals surface area contributed by atoms with E-state index < -0.39 is 11.4 Å². The standard InChI is InChI=1S/C10H17NO2/c11-6-10(9(12)13)5-7-3-1-2-4-8(7)10/h7-8H,1-6,11H2,(H,12,13)/t7-,8-,10+/m0/s1. The second kappa shape index (κ2) is 2.98. The highest BCUT2D eigenvalue weighted by Crippen LogP contribution is 2.57. The summed E-state index contributed by atoms with van der Waals surface area (Å²) in [5, 5.41) is 9.14. The van der Waals surface area contributed by atoms with Crippen LogP contribution in [0.3, 0.4) is 0 Å². The SMILES string of the molecule is NC[C@]1(C(=O)O)C[C@@H]2CCCC[C@@H]21. The van der Waals surface area contributed by atoms with Gasteiger partial charge in [0.15, 0.2) is 0 Å². The molecule has 0 aromatic carbocycles. The summed E-state index contributed by atoms with van der Waals surface area (Å²) >= 11 is 0. The van der Waals surface area contributed by atoms with Crippen LogP contribution in [0, 0.1) is 17.3 Å². The van der Waals surface area contributed by atoms with Gasteiger partial charge in [-0.05, 0) is 24.7 Å². The average molecular weight is 183 g/mol. The summed E-state index contributed by atoms with van der Waals surface area (Å²) in [6, 6.07) is 0. The van der Waals surface area contributed by atoms with Crippen LogP contribution in [0.5, 0.6) is 0 Å². The highest BCUT2D eigenvalue weighted by Gasteiger charge is 2.57. The highest BCUT2D eigenvalue weighted by molar-refractivity contribution is 5.77. The second-order valence-electron chi connectivity index (χ2n) is 4.52. The Labute approximate surface area is 78.3 Å². The first kappa shape index (κ1) is 9.00. The molecule has 74 valence electrons. The fourth-order valence-corrected chi connectivity index (χ4v) is 3.21. The molecule has 0 saturated heterocycles. The maximum absolute atomic E-state index is 11.1. The van der Waals surface area contributed by atoms with Crippen molar-refractivity contribution in [3.05, 3.63) is 0 Å². The molecule has 0 aliphatic heterocycles. The van der Waals surface area contributed by atoms with E-state index in [0.29, 0.717) is 18.4 Å². The number of fused-ring (bicyclic) bond motifs is 1. The van der Waals surface area contributed by atoms with E-state index in [9.17, 15) is 4.79 Å². The number of hydrogen-bond acceptors (Lipinski definition) is 2. The molecular weight excluding hydrogens is 166 g/mol. The molecular formula is C10H17NO2. The van der Waals surface area contributed by atoms with Crippen LogP contribution in [-0.4, -0.2) is 17.6 Å². The normalized spacial score (nSPS) is 43.5. The van der Waals surface area contributed by atoms with E-state index in [4.69, 9.17) is 10.8 Å². The molecule has 0 spiro atoms. The van der Waals surface area contributed by atoms with Gasteiger partial charge in [0.25, 0.3) is 0 Å². The van der Waals surface area contributed by atoms with Gasteiger partial charge in [-0.2, -0.15) is 0 Å². The van der Waals surface area contributed by atoms with Gasteiger partial charge in [0.1, 0.15) is 0 Å². The van der Waals surface area contributed by atoms with Crippen molar-refractivity contribution in [2.45, 2.75) is 32.1 Å². The first-order valence-electron chi connectivity index (χ1n) is 5.14. The molecule has 3 N–H and O–H groups in total. The smallest absolute Gasteiger partial charge is 0.311 e. The van der Waals surface area contributed by atoms with Crippen LogP contribution in [0.1, 0.15) is 32.1 Å². The van der Waals surface area contributed by atoms with E-state index in [0.717, 1.165) is 12.8 Å². The van der Waals surface area contributed by atoms with Crippen LogP contribution in [0.4, 0.5) is 0 Å². The van der Waals surface area contributed by atoms with E-state index in [1.54, 1.807) is 0 Å². The third kappa shape index (κ3) is 1.10. The van der Waals surface area contributed by atoms with Gasteiger partial charge in [0.05, 0.1) is 5.41 Å². The first-order chi connectivity index (χ1) is 6.20. The summed E-state index contributed by atoms with van der Waals surface area (Å²) < 4.78 is 0. The molecule has 13 heavy (non-hydrogen) atoms. The third-order valence-corrected chi connectivity index (χ3v) is 4.04. The Morgan fingerprint density at radius 1 is 1.46 bits per heavy atom. The number of carboxylic acids is 1. The van der Waals surface area contributed by atoms with Crippen molar-refractivity contribution in [2.75, 3.05) is 6.54 Å². The van der Waals surface area contributed by atoms with Crippen molar-refractivity contribution in [1.82, 2.24) is 0 Å². The molecule has 0 radical (unpaired) electrons. The Kier molecular flexibility index (Phi) is 2.06. The Hall–Kier alpha value is -0.570. The van der Waals surface area contributed by atoms with Gasteiger partial charge < -0.3 is 10.8 Å². The van der Waals surface area contributed by atoms with E-state index >= 15 is 0 Å². The fourth-order valence-electron chi connectivity index (χ4n) is 3.21. The number of nitrogens with two attached hydrogens (primary N) is 1. The van der Waals surface area contributed by atoms with E-state index in [1.807, 2.05) is 0 Å². The van der Waals surface area contributed by atoms with Crippen LogP contribution >= 0.6 is 0 Å². The van der Waals surface area contributed by atoms with Crippen LogP contribution < -0.4 is 5.73 Å². The number of carboxylic acid groups (broad SMARTS) is 1. The summed E-state index contributed by atoms with van der Waals surface area (Å²) in [6.45, 7) is 0.323. The molecule has 2 rings (SSSR count). The van der Waals surface area contributed by atoms with Crippen LogP contribution in [0.15, 0.2) is 0 Å². The molecule has 0 bridgehead atoms. The average Bonchev–Trinajstić information content (AvgIpc) is 2.07. The van der Waals surface area contributed by atoms with Crippen molar-refractivity contribution in [3.63, 3.8) is 0 Å². The lowest BCUT2D eigenvalue weighted by molar-refractivity contribution is -0.170. The Morgan fingerprint density at radius 3 is 2.69 bits per heavy atom. The van der Waals surface area contributed by atoms with E-state index in [-0.39, 0.29) is 0 Å². The second-order valence-corrected chi connectivity index (χ2v) is 4.52. The summed E-state index contributed by atoms with van der Waals surface area (Å²) in [6.07, 6.45) is 5.59. The summed E-state index contributed by atoms with van der Waals surface area (Å²) in [4.78, 5) is 11.1. The maximum atomic E-state index is 11.1. The zero-order valence-electron chi connectivity index (χ0n) is 7.83. The molecule has 0 amide bonds. The predicted octanol–water partition coefficient (Wildman–Crippen LogP) is 1.23. The molecule has 3 atom stereocenters. The van der Waals surface area contributed by atoms with Crippen molar-refractivity contribution < 1.29 is 9.90 Å². The monoisotopic (exact) mass is 183 g/mol. The molecule has 0 aromatic rings. The summed E-state index contributed by atoms with van der Waals surface area (Å²) in [7, 11) is 0. The van der Waals surface area contributed by atoms with Crippen LogP contribution in [-0.2, 0) is 4.79 Å². The Balaban J connectivity index is 2.12. The van der Waals surface area contributed by atoms with Crippen LogP contribution in [0.25, 0.3) is 0 Å². The molecule has 2 saturated carbocycles. The predicted molar refractivity (Wildman–Crippen MR) is 49.2 cm³/mol. The van der Waals surface area contributed by atoms with Gasteiger partial charge in [0.2, 0.25) is 0 Å². The quantitative estimate of drug-likeness (QED) is 0.676. The van der Waals surface area contributed by atoms with Crippen LogP contribution in [0.2, 0.25) is 0 Å². The van der Waals surface area contributed by atoms with Gasteiger partial charge in [-0.25, -0.2) is 0 Å². The Bertz CT molecular complexity index is 229. The van der Waals surface area contributed by atoms with Gasteiger partial charge in [-0.3, -0.25) is 4.79 Å². The molecule has 2 fully saturated rings. The van der Waals surface area contributed by atoms with E-state index in [2.05, 4.69) is 0 Å². The minimum atomic E-state index is -0.668. The number of aliphatic carboxylic acids is 1. The Morgan fingerprint density at radius 2 is 2.15 bits per heavy atom. The molecule has 0 aromatic heterocycles. The van der Waals surface area contributed by atoms with E-state index in [1.165, 1.54) is 19.3 Å². The maximum Gasteiger partial charge on any atom is 0.311 e. The van der Waals surface area contributed by atoms with Crippen molar-refractivity contribution in [2.24, 2.45) is 23.0 Å². The minimum absolute atomic E-state index is 0.323. The lowest BCUT2D eigenvalue weighted by Crippen LogP contribution is -2.58. The van der Waals surface area contributed by atoms with Gasteiger partial charge in [0, 0.05) is 6.54 Å². The van der Waals surface area contributed by atoms with Gasteiger partial charge in [-0.1, -0.05) is 19.3 Å². The zero-order chi connectivity index (χ0) is 9.47. The first-order valence-corrected chi connectivity index (χ1v) is 5.14. The number of hydrogen-bond donors (Lipinski definition) is 2. The van der Waals surface area contributed by atoms with Crippen molar-refractivity contribution in [3.8, 4) is 0 Å². The summed E-state index contributed by atoms with van der Waals surface area (Å²) in [5.74, 6) is 0.371. The molecule has 0 heterocycles. The molecule has 0 unspecified atom stereocenters. The lowest BCUT2D eigenvalue weighted by atomic mass is 9.49. The molecule has 3 heteroatoms. The largest absolute Gasteiger partial charge is 0.481 e. The van der Waals surface area contributed by atoms with Gasteiger partial charge in [-0.15, -0.1) is 0 Å². The number of carbonyl (C=O) groups is 1. The lowest BCUT2D eigenvalue weighted by Gasteiger charge is -2.54. The third-order valence-electron chi connectivity index (χ3n) is 4.04. The summed E-state index contributed by atoms with van der Waals surface area (Å²) in [5.41, 5.74) is 5.05. The van der Waals surface area contributed by atoms with Gasteiger partial charge >= 0.3 is 5.97 Å².